The molecule has 21 heavy (non-hydrogen) atoms. The molecule has 0 saturated heterocycles. The van der Waals surface area contributed by atoms with Crippen LogP contribution in [0.4, 0.5) is 13.2 Å². The first-order valence-electron chi connectivity index (χ1n) is 6.22. The molecule has 0 aromatic heterocycles. The molecule has 5 nitrogen and oxygen atoms in total. The zero-order chi connectivity index (χ0) is 15.5. The van der Waals surface area contributed by atoms with Crippen molar-refractivity contribution < 1.29 is 27.8 Å². The van der Waals surface area contributed by atoms with Crippen LogP contribution in [0.5, 0.6) is 5.75 Å². The van der Waals surface area contributed by atoms with Crippen LogP contribution in [0.15, 0.2) is 23.3 Å². The number of aliphatic hydroxyl groups is 1. The van der Waals surface area contributed by atoms with E-state index in [1.807, 2.05) is 0 Å². The summed E-state index contributed by atoms with van der Waals surface area (Å²) in [5.74, 6) is -0.613. The van der Waals surface area contributed by atoms with E-state index in [0.717, 1.165) is 6.07 Å². The highest BCUT2D eigenvalue weighted by Gasteiger charge is 2.35. The topological polar surface area (TPSA) is 70.9 Å². The SMILES string of the molecule is O=C1CCC(c2ccc(OCCO)c(C(F)(F)F)c2)=NN1. The van der Waals surface area contributed by atoms with Crippen molar-refractivity contribution in [2.45, 2.75) is 19.0 Å². The lowest BCUT2D eigenvalue weighted by Crippen LogP contribution is -2.26. The number of carbonyl (C=O) groups is 1. The number of hydrogen-bond acceptors (Lipinski definition) is 4. The maximum Gasteiger partial charge on any atom is 0.419 e. The number of ether oxygens (including phenoxy) is 1. The quantitative estimate of drug-likeness (QED) is 0.889. The molecule has 2 rings (SSSR count). The number of nitrogens with one attached hydrogen (secondary N) is 1. The van der Waals surface area contributed by atoms with Crippen LogP contribution in [0.1, 0.15) is 24.0 Å². The van der Waals surface area contributed by atoms with E-state index in [1.165, 1.54) is 12.1 Å². The minimum absolute atomic E-state index is 0.183. The molecule has 1 aromatic rings. The van der Waals surface area contributed by atoms with Gasteiger partial charge in [0.05, 0.1) is 17.9 Å². The van der Waals surface area contributed by atoms with E-state index in [1.54, 1.807) is 0 Å². The van der Waals surface area contributed by atoms with Crippen molar-refractivity contribution in [2.75, 3.05) is 13.2 Å². The molecule has 0 atom stereocenters. The molecule has 0 bridgehead atoms. The number of benzene rings is 1. The highest BCUT2D eigenvalue weighted by molar-refractivity contribution is 6.04. The Labute approximate surface area is 118 Å². The monoisotopic (exact) mass is 302 g/mol. The molecule has 1 amide bonds. The smallest absolute Gasteiger partial charge is 0.419 e. The first-order valence-corrected chi connectivity index (χ1v) is 6.22. The molecule has 1 aliphatic heterocycles. The standard InChI is InChI=1S/C13H13F3N2O3/c14-13(15,16)9-7-8(1-3-11(9)21-6-5-19)10-2-4-12(20)18-17-10/h1,3,7,19H,2,4-6H2,(H,18,20). The Morgan fingerprint density at radius 3 is 2.67 bits per heavy atom. The summed E-state index contributed by atoms with van der Waals surface area (Å²) in [5.41, 5.74) is 1.96. The number of hydrogen-bond donors (Lipinski definition) is 2. The molecule has 1 aromatic carbocycles. The summed E-state index contributed by atoms with van der Waals surface area (Å²) in [6, 6.07) is 3.56. The van der Waals surface area contributed by atoms with Gasteiger partial charge in [-0.25, -0.2) is 5.43 Å². The van der Waals surface area contributed by atoms with Crippen LogP contribution in [0, 0.1) is 0 Å². The summed E-state index contributed by atoms with van der Waals surface area (Å²) in [5, 5.41) is 12.4. The molecule has 0 radical (unpaired) electrons. The van der Waals surface area contributed by atoms with Gasteiger partial charge in [0.2, 0.25) is 5.91 Å². The number of nitrogens with zero attached hydrogens (tertiary/aromatic N) is 1. The van der Waals surface area contributed by atoms with E-state index in [-0.39, 0.29) is 43.3 Å². The zero-order valence-corrected chi connectivity index (χ0v) is 10.9. The van der Waals surface area contributed by atoms with Gasteiger partial charge in [-0.2, -0.15) is 18.3 Å². The molecule has 0 saturated carbocycles. The van der Waals surface area contributed by atoms with Crippen LogP contribution < -0.4 is 10.2 Å². The summed E-state index contributed by atoms with van der Waals surface area (Å²) >= 11 is 0. The number of carbonyl (C=O) groups excluding carboxylic acids is 1. The third-order valence-electron chi connectivity index (χ3n) is 2.87. The lowest BCUT2D eigenvalue weighted by Gasteiger charge is -2.17. The predicted octanol–water partition coefficient (Wildman–Crippen LogP) is 1.69. The van der Waals surface area contributed by atoms with E-state index >= 15 is 0 Å². The highest BCUT2D eigenvalue weighted by Crippen LogP contribution is 2.37. The predicted molar refractivity (Wildman–Crippen MR) is 67.9 cm³/mol. The Bertz CT molecular complexity index is 570. The van der Waals surface area contributed by atoms with Gasteiger partial charge < -0.3 is 9.84 Å². The average molecular weight is 302 g/mol. The molecule has 114 valence electrons. The van der Waals surface area contributed by atoms with Crippen molar-refractivity contribution >= 4 is 11.6 Å². The van der Waals surface area contributed by atoms with Crippen LogP contribution >= 0.6 is 0 Å². The molecular formula is C13H13F3N2O3. The van der Waals surface area contributed by atoms with Crippen molar-refractivity contribution in [1.82, 2.24) is 5.43 Å². The van der Waals surface area contributed by atoms with Gasteiger partial charge in [-0.05, 0) is 23.8 Å². The first kappa shape index (κ1) is 15.3. The van der Waals surface area contributed by atoms with Crippen molar-refractivity contribution in [3.05, 3.63) is 29.3 Å². The molecular weight excluding hydrogens is 289 g/mol. The minimum atomic E-state index is -4.58. The second-order valence-electron chi connectivity index (χ2n) is 4.37. The second-order valence-corrected chi connectivity index (χ2v) is 4.37. The number of alkyl halides is 3. The van der Waals surface area contributed by atoms with Gasteiger partial charge in [-0.15, -0.1) is 0 Å². The zero-order valence-electron chi connectivity index (χ0n) is 10.9. The average Bonchev–Trinajstić information content (AvgIpc) is 2.45. The summed E-state index contributed by atoms with van der Waals surface area (Å²) in [7, 11) is 0. The van der Waals surface area contributed by atoms with Gasteiger partial charge in [0, 0.05) is 12.8 Å². The second kappa shape index (κ2) is 6.13. The fraction of sp³-hybridized carbons (Fsp3) is 0.385. The van der Waals surface area contributed by atoms with Crippen LogP contribution in [0.2, 0.25) is 0 Å². The largest absolute Gasteiger partial charge is 0.491 e. The summed E-state index contributed by atoms with van der Waals surface area (Å²) in [6.07, 6.45) is -4.12. The van der Waals surface area contributed by atoms with Gasteiger partial charge in [-0.3, -0.25) is 4.79 Å². The Kier molecular flexibility index (Phi) is 4.46. The first-order chi connectivity index (χ1) is 9.91. The Morgan fingerprint density at radius 1 is 1.33 bits per heavy atom. The normalized spacial score (nSPS) is 15.4. The van der Waals surface area contributed by atoms with Crippen LogP contribution in [-0.2, 0) is 11.0 Å². The highest BCUT2D eigenvalue weighted by atomic mass is 19.4. The van der Waals surface area contributed by atoms with E-state index in [0.29, 0.717) is 5.71 Å². The number of halogens is 3. The van der Waals surface area contributed by atoms with Crippen LogP contribution in [0.3, 0.4) is 0 Å². The van der Waals surface area contributed by atoms with Gasteiger partial charge in [0.1, 0.15) is 12.4 Å². The van der Waals surface area contributed by atoms with E-state index in [4.69, 9.17) is 9.84 Å². The third-order valence-corrected chi connectivity index (χ3v) is 2.87. The summed E-state index contributed by atoms with van der Waals surface area (Å²) < 4.78 is 44.0. The molecule has 0 aliphatic carbocycles. The molecule has 0 spiro atoms. The van der Waals surface area contributed by atoms with Crippen molar-refractivity contribution in [1.29, 1.82) is 0 Å². The van der Waals surface area contributed by atoms with E-state index < -0.39 is 11.7 Å². The summed E-state index contributed by atoms with van der Waals surface area (Å²) in [6.45, 7) is -0.600. The minimum Gasteiger partial charge on any atom is -0.491 e. The van der Waals surface area contributed by atoms with Gasteiger partial charge in [-0.1, -0.05) is 0 Å². The van der Waals surface area contributed by atoms with Crippen molar-refractivity contribution in [3.63, 3.8) is 0 Å². The Balaban J connectivity index is 2.35. The fourth-order valence-electron chi connectivity index (χ4n) is 1.89. The molecule has 1 heterocycles. The fourth-order valence-corrected chi connectivity index (χ4v) is 1.89. The molecule has 1 aliphatic rings. The third kappa shape index (κ3) is 3.72. The number of hydrazone groups is 1. The number of rotatable bonds is 4. The van der Waals surface area contributed by atoms with Crippen LogP contribution in [-0.4, -0.2) is 29.9 Å². The van der Waals surface area contributed by atoms with Gasteiger partial charge in [0.15, 0.2) is 0 Å². The Hall–Kier alpha value is -2.09. The number of amides is 1. The lowest BCUT2D eigenvalue weighted by molar-refractivity contribution is -0.139. The van der Waals surface area contributed by atoms with Crippen molar-refractivity contribution in [3.8, 4) is 5.75 Å². The maximum atomic E-state index is 13.0. The number of aliphatic hydroxyl groups excluding tert-OH is 1. The molecule has 0 unspecified atom stereocenters. The van der Waals surface area contributed by atoms with Crippen LogP contribution in [0.25, 0.3) is 0 Å². The molecule has 2 N–H and O–H groups in total. The van der Waals surface area contributed by atoms with E-state index in [9.17, 15) is 18.0 Å². The molecule has 0 fully saturated rings. The summed E-state index contributed by atoms with van der Waals surface area (Å²) in [4.78, 5) is 11.0. The lowest BCUT2D eigenvalue weighted by atomic mass is 10.0. The van der Waals surface area contributed by atoms with Gasteiger partial charge >= 0.3 is 6.18 Å². The van der Waals surface area contributed by atoms with Crippen molar-refractivity contribution in [2.24, 2.45) is 5.10 Å². The molecule has 8 heteroatoms. The van der Waals surface area contributed by atoms with E-state index in [2.05, 4.69) is 10.5 Å². The van der Waals surface area contributed by atoms with Gasteiger partial charge in [0.25, 0.3) is 0 Å². The Morgan fingerprint density at radius 2 is 2.10 bits per heavy atom. The maximum absolute atomic E-state index is 13.0.